The number of hydrogen-bond acceptors (Lipinski definition) is 6. The van der Waals surface area contributed by atoms with Crippen molar-refractivity contribution >= 4 is 28.9 Å². The molecule has 0 fully saturated rings. The van der Waals surface area contributed by atoms with Crippen molar-refractivity contribution in [2.75, 3.05) is 20.8 Å². The van der Waals surface area contributed by atoms with E-state index in [1.807, 2.05) is 30.3 Å². The highest BCUT2D eigenvalue weighted by Gasteiger charge is 2.38. The Labute approximate surface area is 210 Å². The van der Waals surface area contributed by atoms with Crippen molar-refractivity contribution in [1.29, 1.82) is 0 Å². The molecule has 0 amide bonds. The summed E-state index contributed by atoms with van der Waals surface area (Å²) in [6.45, 7) is 6.99. The summed E-state index contributed by atoms with van der Waals surface area (Å²) in [6, 6.07) is 9.39. The van der Waals surface area contributed by atoms with Gasteiger partial charge in [0, 0.05) is 36.5 Å². The molecule has 36 heavy (non-hydrogen) atoms. The third-order valence-electron chi connectivity index (χ3n) is 6.61. The third-order valence-corrected chi connectivity index (χ3v) is 6.61. The maximum Gasteiger partial charge on any atom is 0.330 e. The SMILES string of the molecule is COC(=O)/C=C/c1ccc([C@@H]2c3ccc4c(cnn4C(C)=O)c3C[C@@H](C)N2CC(C)(C)F)c(OC)c1. The number of esters is 1. The van der Waals surface area contributed by atoms with Crippen LogP contribution in [0.3, 0.4) is 0 Å². The van der Waals surface area contributed by atoms with E-state index < -0.39 is 11.6 Å². The lowest BCUT2D eigenvalue weighted by Gasteiger charge is -2.44. The molecular weight excluding hydrogens is 461 g/mol. The van der Waals surface area contributed by atoms with Crippen molar-refractivity contribution in [2.45, 2.75) is 51.9 Å². The van der Waals surface area contributed by atoms with Crippen LogP contribution in [0.1, 0.15) is 60.8 Å². The van der Waals surface area contributed by atoms with Crippen molar-refractivity contribution in [1.82, 2.24) is 14.7 Å². The highest BCUT2D eigenvalue weighted by molar-refractivity contribution is 5.92. The molecule has 3 aromatic rings. The summed E-state index contributed by atoms with van der Waals surface area (Å²) < 4.78 is 26.9. The van der Waals surface area contributed by atoms with Gasteiger partial charge in [-0.05, 0) is 62.1 Å². The Kier molecular flexibility index (Phi) is 7.00. The Morgan fingerprint density at radius 3 is 2.56 bits per heavy atom. The molecule has 2 aromatic carbocycles. The molecule has 0 aliphatic carbocycles. The lowest BCUT2D eigenvalue weighted by Crippen LogP contribution is -2.47. The molecule has 0 spiro atoms. The maximum atomic E-state index is 15.0. The second-order valence-corrected chi connectivity index (χ2v) is 9.85. The van der Waals surface area contributed by atoms with Crippen LogP contribution in [0.5, 0.6) is 5.75 Å². The summed E-state index contributed by atoms with van der Waals surface area (Å²) in [6.07, 6.45) is 5.46. The van der Waals surface area contributed by atoms with Gasteiger partial charge in [-0.25, -0.2) is 13.9 Å². The molecule has 2 heterocycles. The Morgan fingerprint density at radius 2 is 1.92 bits per heavy atom. The molecule has 7 nitrogen and oxygen atoms in total. The second-order valence-electron chi connectivity index (χ2n) is 9.85. The number of methoxy groups -OCH3 is 2. The van der Waals surface area contributed by atoms with Gasteiger partial charge < -0.3 is 9.47 Å². The number of carbonyl (C=O) groups is 2. The Bertz CT molecular complexity index is 1340. The van der Waals surface area contributed by atoms with Crippen molar-refractivity contribution in [2.24, 2.45) is 0 Å². The van der Waals surface area contributed by atoms with E-state index in [0.29, 0.717) is 12.2 Å². The number of alkyl halides is 1. The average Bonchev–Trinajstić information content (AvgIpc) is 3.27. The molecule has 0 unspecified atom stereocenters. The zero-order chi connectivity index (χ0) is 26.2. The highest BCUT2D eigenvalue weighted by Crippen LogP contribution is 2.44. The number of fused-ring (bicyclic) bond motifs is 3. The van der Waals surface area contributed by atoms with Gasteiger partial charge in [0.1, 0.15) is 11.4 Å². The van der Waals surface area contributed by atoms with Gasteiger partial charge in [-0.15, -0.1) is 0 Å². The molecule has 2 atom stereocenters. The minimum atomic E-state index is -1.41. The fourth-order valence-electron chi connectivity index (χ4n) is 5.07. The van der Waals surface area contributed by atoms with Gasteiger partial charge in [0.15, 0.2) is 0 Å². The first-order valence-electron chi connectivity index (χ1n) is 11.9. The molecule has 0 bridgehead atoms. The van der Waals surface area contributed by atoms with Gasteiger partial charge in [-0.1, -0.05) is 18.2 Å². The first-order valence-corrected chi connectivity index (χ1v) is 11.9. The number of nitrogens with zero attached hydrogens (tertiary/aromatic N) is 3. The lowest BCUT2D eigenvalue weighted by molar-refractivity contribution is -0.134. The predicted octanol–water partition coefficient (Wildman–Crippen LogP) is 4.98. The maximum absolute atomic E-state index is 15.0. The van der Waals surface area contributed by atoms with Crippen molar-refractivity contribution in [3.63, 3.8) is 0 Å². The summed E-state index contributed by atoms with van der Waals surface area (Å²) in [5.41, 5.74) is 3.15. The van der Waals surface area contributed by atoms with Crippen LogP contribution in [0.2, 0.25) is 0 Å². The number of aromatic nitrogens is 2. The van der Waals surface area contributed by atoms with Crippen molar-refractivity contribution < 1.29 is 23.5 Å². The third kappa shape index (κ3) is 4.91. The smallest absolute Gasteiger partial charge is 0.330 e. The van der Waals surface area contributed by atoms with E-state index in [1.54, 1.807) is 33.2 Å². The summed E-state index contributed by atoms with van der Waals surface area (Å²) >= 11 is 0. The minimum absolute atomic E-state index is 0.0207. The molecule has 1 aliphatic heterocycles. The van der Waals surface area contributed by atoms with Crippen LogP contribution in [0, 0.1) is 0 Å². The molecule has 0 saturated heterocycles. The van der Waals surface area contributed by atoms with E-state index in [4.69, 9.17) is 4.74 Å². The molecule has 8 heteroatoms. The lowest BCUT2D eigenvalue weighted by atomic mass is 9.82. The van der Waals surface area contributed by atoms with E-state index in [2.05, 4.69) is 21.7 Å². The van der Waals surface area contributed by atoms with Gasteiger partial charge in [-0.2, -0.15) is 5.10 Å². The van der Waals surface area contributed by atoms with E-state index in [9.17, 15) is 9.59 Å². The minimum Gasteiger partial charge on any atom is -0.496 e. The van der Waals surface area contributed by atoms with Crippen LogP contribution < -0.4 is 4.74 Å². The van der Waals surface area contributed by atoms with Crippen LogP contribution in [0.15, 0.2) is 42.6 Å². The van der Waals surface area contributed by atoms with Crippen LogP contribution in [-0.2, 0) is 16.0 Å². The predicted molar refractivity (Wildman–Crippen MR) is 137 cm³/mol. The molecule has 1 aliphatic rings. The molecule has 1 aromatic heterocycles. The monoisotopic (exact) mass is 493 g/mol. The van der Waals surface area contributed by atoms with E-state index >= 15 is 4.39 Å². The average molecular weight is 494 g/mol. The molecule has 4 rings (SSSR count). The summed E-state index contributed by atoms with van der Waals surface area (Å²) in [5, 5.41) is 5.24. The van der Waals surface area contributed by atoms with Gasteiger partial charge >= 0.3 is 5.97 Å². The summed E-state index contributed by atoms with van der Waals surface area (Å²) in [7, 11) is 2.93. The fraction of sp³-hybridized carbons (Fsp3) is 0.393. The molecule has 0 N–H and O–H groups in total. The fourth-order valence-corrected chi connectivity index (χ4v) is 5.07. The first-order chi connectivity index (χ1) is 17.0. The van der Waals surface area contributed by atoms with Crippen molar-refractivity contribution in [3.8, 4) is 5.75 Å². The van der Waals surface area contributed by atoms with Gasteiger partial charge in [0.05, 0.1) is 32.0 Å². The van der Waals surface area contributed by atoms with Gasteiger partial charge in [0.25, 0.3) is 0 Å². The van der Waals surface area contributed by atoms with Crippen LogP contribution >= 0.6 is 0 Å². The zero-order valence-electron chi connectivity index (χ0n) is 21.5. The second kappa shape index (κ2) is 9.85. The van der Waals surface area contributed by atoms with Crippen LogP contribution in [0.4, 0.5) is 4.39 Å². The first kappa shape index (κ1) is 25.6. The molecule has 190 valence electrons. The Morgan fingerprint density at radius 1 is 1.19 bits per heavy atom. The quantitative estimate of drug-likeness (QED) is 0.356. The van der Waals surface area contributed by atoms with Crippen LogP contribution in [-0.4, -0.2) is 59.0 Å². The number of carbonyl (C=O) groups excluding carboxylic acids is 2. The Balaban J connectivity index is 1.90. The zero-order valence-corrected chi connectivity index (χ0v) is 21.5. The number of benzene rings is 2. The van der Waals surface area contributed by atoms with Crippen molar-refractivity contribution in [3.05, 3.63) is 64.9 Å². The van der Waals surface area contributed by atoms with Crippen LogP contribution in [0.25, 0.3) is 17.0 Å². The summed E-state index contributed by atoms with van der Waals surface area (Å²) in [5.74, 6) is 0.0382. The summed E-state index contributed by atoms with van der Waals surface area (Å²) in [4.78, 5) is 25.8. The standard InChI is InChI=1S/C28H32FN3O4/c1-17-13-22-20(10-11-24-23(22)15-30-32(24)18(2)33)27(31(17)16-28(3,4)29)21-9-7-19(14-25(21)35-5)8-12-26(34)36-6/h7-12,14-15,17,27H,13,16H2,1-6H3/b12-8+/t17-,27+/m1/s1. The number of ether oxygens (including phenoxy) is 2. The largest absolute Gasteiger partial charge is 0.496 e. The molecule has 0 saturated carbocycles. The van der Waals surface area contributed by atoms with Gasteiger partial charge in [-0.3, -0.25) is 9.69 Å². The number of rotatable bonds is 6. The highest BCUT2D eigenvalue weighted by atomic mass is 19.1. The Hall–Kier alpha value is -3.52. The topological polar surface area (TPSA) is 73.7 Å². The molecular formula is C28H32FN3O4. The molecule has 0 radical (unpaired) electrons. The van der Waals surface area contributed by atoms with E-state index in [-0.39, 0.29) is 24.5 Å². The number of halogens is 1. The normalized spacial score (nSPS) is 18.4. The van der Waals surface area contributed by atoms with E-state index in [0.717, 1.165) is 33.2 Å². The van der Waals surface area contributed by atoms with Gasteiger partial charge in [0.2, 0.25) is 5.91 Å². The number of hydrogen-bond donors (Lipinski definition) is 0. The van der Waals surface area contributed by atoms with E-state index in [1.165, 1.54) is 24.8 Å².